The van der Waals surface area contributed by atoms with Crippen LogP contribution in [0.3, 0.4) is 0 Å². The minimum Gasteiger partial charge on any atom is -0.330 e. The quantitative estimate of drug-likeness (QED) is 0.882. The maximum atomic E-state index is 11.7. The molecule has 0 spiro atoms. The van der Waals surface area contributed by atoms with E-state index in [4.69, 9.17) is 5.73 Å². The molecule has 0 radical (unpaired) electrons. The molecular formula is C10H10BrN3O. The Morgan fingerprint density at radius 2 is 2.33 bits per heavy atom. The lowest BCUT2D eigenvalue weighted by atomic mass is 10.3. The summed E-state index contributed by atoms with van der Waals surface area (Å²) in [4.78, 5) is 16.0. The van der Waals surface area contributed by atoms with E-state index in [2.05, 4.69) is 20.9 Å². The van der Waals surface area contributed by atoms with Gasteiger partial charge in [0.05, 0.1) is 4.47 Å². The van der Waals surface area contributed by atoms with E-state index in [-0.39, 0.29) is 5.56 Å². The highest BCUT2D eigenvalue weighted by Gasteiger charge is 2.03. The minimum absolute atomic E-state index is 0.0789. The third-order valence-electron chi connectivity index (χ3n) is 2.10. The third-order valence-corrected chi connectivity index (χ3v) is 2.72. The highest BCUT2D eigenvalue weighted by Crippen LogP contribution is 2.14. The van der Waals surface area contributed by atoms with Gasteiger partial charge >= 0.3 is 0 Å². The molecule has 2 rings (SSSR count). The molecule has 78 valence electrons. The number of nitrogens with zero attached hydrogens (tertiary/aromatic N) is 2. The van der Waals surface area contributed by atoms with Gasteiger partial charge in [-0.15, -0.1) is 0 Å². The minimum atomic E-state index is -0.0789. The Morgan fingerprint density at radius 1 is 1.53 bits per heavy atom. The molecule has 2 aromatic rings. The van der Waals surface area contributed by atoms with Crippen molar-refractivity contribution in [3.8, 4) is 0 Å². The van der Waals surface area contributed by atoms with E-state index in [1.54, 1.807) is 12.3 Å². The first-order valence-corrected chi connectivity index (χ1v) is 5.38. The average molecular weight is 268 g/mol. The van der Waals surface area contributed by atoms with Crippen LogP contribution in [0.1, 0.15) is 5.69 Å². The predicted octanol–water partition coefficient (Wildman–Crippen LogP) is 0.958. The zero-order valence-corrected chi connectivity index (χ0v) is 9.57. The van der Waals surface area contributed by atoms with Crippen LogP contribution in [-0.2, 0) is 6.42 Å². The highest BCUT2D eigenvalue weighted by atomic mass is 79.9. The molecule has 0 aliphatic heterocycles. The normalized spacial score (nSPS) is 10.8. The van der Waals surface area contributed by atoms with Gasteiger partial charge in [-0.1, -0.05) is 0 Å². The number of hydrogen-bond donors (Lipinski definition) is 1. The number of rotatable bonds is 2. The van der Waals surface area contributed by atoms with Crippen molar-refractivity contribution in [1.82, 2.24) is 9.38 Å². The van der Waals surface area contributed by atoms with Crippen molar-refractivity contribution in [1.29, 1.82) is 0 Å². The van der Waals surface area contributed by atoms with Gasteiger partial charge in [-0.25, -0.2) is 4.98 Å². The van der Waals surface area contributed by atoms with E-state index in [9.17, 15) is 4.79 Å². The van der Waals surface area contributed by atoms with Crippen molar-refractivity contribution in [2.75, 3.05) is 6.54 Å². The maximum absolute atomic E-state index is 11.7. The van der Waals surface area contributed by atoms with Crippen LogP contribution >= 0.6 is 15.9 Å². The molecular weight excluding hydrogens is 258 g/mol. The van der Waals surface area contributed by atoms with Crippen LogP contribution in [0.15, 0.2) is 33.7 Å². The fourth-order valence-electron chi connectivity index (χ4n) is 1.42. The van der Waals surface area contributed by atoms with E-state index >= 15 is 0 Å². The summed E-state index contributed by atoms with van der Waals surface area (Å²) in [7, 11) is 0. The molecule has 0 fully saturated rings. The summed E-state index contributed by atoms with van der Waals surface area (Å²) in [6, 6.07) is 5.17. The van der Waals surface area contributed by atoms with Crippen LogP contribution in [0.5, 0.6) is 0 Å². The first-order chi connectivity index (χ1) is 7.22. The number of hydrogen-bond acceptors (Lipinski definition) is 3. The summed E-state index contributed by atoms with van der Waals surface area (Å²) < 4.78 is 2.31. The van der Waals surface area contributed by atoms with Gasteiger partial charge in [-0.3, -0.25) is 9.20 Å². The molecule has 0 amide bonds. The van der Waals surface area contributed by atoms with Gasteiger partial charge < -0.3 is 5.73 Å². The highest BCUT2D eigenvalue weighted by molar-refractivity contribution is 9.10. The summed E-state index contributed by atoms with van der Waals surface area (Å²) in [6.07, 6.45) is 2.31. The third kappa shape index (κ3) is 1.93. The lowest BCUT2D eigenvalue weighted by Crippen LogP contribution is -2.17. The summed E-state index contributed by atoms with van der Waals surface area (Å²) >= 11 is 3.36. The van der Waals surface area contributed by atoms with E-state index in [0.717, 1.165) is 10.2 Å². The number of pyridine rings is 1. The fraction of sp³-hybridized carbons (Fsp3) is 0.200. The van der Waals surface area contributed by atoms with Gasteiger partial charge in [0.25, 0.3) is 5.56 Å². The molecule has 0 aromatic carbocycles. The molecule has 2 N–H and O–H groups in total. The lowest BCUT2D eigenvalue weighted by Gasteiger charge is -2.04. The van der Waals surface area contributed by atoms with Crippen molar-refractivity contribution in [2.45, 2.75) is 6.42 Å². The van der Waals surface area contributed by atoms with Crippen LogP contribution < -0.4 is 11.3 Å². The topological polar surface area (TPSA) is 60.4 Å². The second-order valence-electron chi connectivity index (χ2n) is 3.17. The molecule has 0 bridgehead atoms. The molecule has 2 heterocycles. The molecule has 0 saturated heterocycles. The van der Waals surface area contributed by atoms with Crippen molar-refractivity contribution < 1.29 is 0 Å². The second kappa shape index (κ2) is 4.12. The maximum Gasteiger partial charge on any atom is 0.258 e. The Labute approximate surface area is 94.9 Å². The van der Waals surface area contributed by atoms with Gasteiger partial charge in [0.2, 0.25) is 0 Å². The van der Waals surface area contributed by atoms with Gasteiger partial charge in [0.15, 0.2) is 5.65 Å². The standard InChI is InChI=1S/C10H10BrN3O/c11-8-2-1-5-14-9(15)6-7(3-4-12)13-10(8)14/h1-2,5-6H,3-4,12H2. The lowest BCUT2D eigenvalue weighted by molar-refractivity contribution is 0.899. The molecule has 0 unspecified atom stereocenters. The smallest absolute Gasteiger partial charge is 0.258 e. The SMILES string of the molecule is NCCc1cc(=O)n2cccc(Br)c2n1. The van der Waals surface area contributed by atoms with Gasteiger partial charge in [-0.2, -0.15) is 0 Å². The number of halogens is 1. The van der Waals surface area contributed by atoms with Crippen LogP contribution in [0, 0.1) is 0 Å². The van der Waals surface area contributed by atoms with Crippen molar-refractivity contribution in [2.24, 2.45) is 5.73 Å². The van der Waals surface area contributed by atoms with Crippen molar-refractivity contribution in [3.05, 3.63) is 44.9 Å². The summed E-state index contributed by atoms with van der Waals surface area (Å²) in [5.74, 6) is 0. The molecule has 4 nitrogen and oxygen atoms in total. The van der Waals surface area contributed by atoms with Crippen LogP contribution in [0.4, 0.5) is 0 Å². The molecule has 0 saturated carbocycles. The molecule has 2 aromatic heterocycles. The zero-order valence-electron chi connectivity index (χ0n) is 7.98. The van der Waals surface area contributed by atoms with E-state index < -0.39 is 0 Å². The van der Waals surface area contributed by atoms with Crippen molar-refractivity contribution >= 4 is 21.6 Å². The Morgan fingerprint density at radius 3 is 3.07 bits per heavy atom. The number of nitrogens with two attached hydrogens (primary N) is 1. The Kier molecular flexibility index (Phi) is 2.83. The van der Waals surface area contributed by atoms with Gasteiger partial charge in [0, 0.05) is 24.4 Å². The van der Waals surface area contributed by atoms with Crippen LogP contribution in [0.2, 0.25) is 0 Å². The number of fused-ring (bicyclic) bond motifs is 1. The monoisotopic (exact) mass is 267 g/mol. The molecule has 5 heteroatoms. The fourth-order valence-corrected chi connectivity index (χ4v) is 1.85. The van der Waals surface area contributed by atoms with E-state index in [1.165, 1.54) is 10.5 Å². The molecule has 0 aliphatic rings. The molecule has 0 aliphatic carbocycles. The first kappa shape index (κ1) is 10.3. The summed E-state index contributed by atoms with van der Waals surface area (Å²) in [5.41, 5.74) is 6.72. The van der Waals surface area contributed by atoms with Crippen LogP contribution in [-0.4, -0.2) is 15.9 Å². The van der Waals surface area contributed by atoms with Gasteiger partial charge in [-0.05, 0) is 34.6 Å². The molecule has 15 heavy (non-hydrogen) atoms. The van der Waals surface area contributed by atoms with E-state index in [1.807, 2.05) is 6.07 Å². The van der Waals surface area contributed by atoms with E-state index in [0.29, 0.717) is 18.6 Å². The summed E-state index contributed by atoms with van der Waals surface area (Å²) in [6.45, 7) is 0.493. The largest absolute Gasteiger partial charge is 0.330 e. The Hall–Kier alpha value is -1.20. The second-order valence-corrected chi connectivity index (χ2v) is 4.03. The van der Waals surface area contributed by atoms with Crippen LogP contribution in [0.25, 0.3) is 5.65 Å². The predicted molar refractivity (Wildman–Crippen MR) is 61.9 cm³/mol. The van der Waals surface area contributed by atoms with Crippen molar-refractivity contribution in [3.63, 3.8) is 0 Å². The Bertz CT molecular complexity index is 550. The molecule has 0 atom stereocenters. The number of aromatic nitrogens is 2. The zero-order chi connectivity index (χ0) is 10.8. The average Bonchev–Trinajstić information content (AvgIpc) is 2.20. The van der Waals surface area contributed by atoms with Gasteiger partial charge in [0.1, 0.15) is 0 Å². The summed E-state index contributed by atoms with van der Waals surface area (Å²) in [5, 5.41) is 0. The Balaban J connectivity index is 2.74. The first-order valence-electron chi connectivity index (χ1n) is 4.59.